The quantitative estimate of drug-likeness (QED) is 0.620. The summed E-state index contributed by atoms with van der Waals surface area (Å²) in [5.74, 6) is -2.34. The topological polar surface area (TPSA) is 124 Å². The first-order valence-corrected chi connectivity index (χ1v) is 4.80. The Hall–Kier alpha value is -2.41. The van der Waals surface area contributed by atoms with Crippen molar-refractivity contribution in [2.75, 3.05) is 11.9 Å². The lowest BCUT2D eigenvalue weighted by molar-refractivity contribution is -0.140. The summed E-state index contributed by atoms with van der Waals surface area (Å²) >= 11 is 0. The molecule has 7 heteroatoms. The Balaban J connectivity index is 0.000000494. The first-order valence-electron chi connectivity index (χ1n) is 4.80. The number of carboxylic acid groups (broad SMARTS) is 2. The molecule has 1 rings (SSSR count). The zero-order chi connectivity index (χ0) is 14.1. The fourth-order valence-corrected chi connectivity index (χ4v) is 0.899. The van der Waals surface area contributed by atoms with Gasteiger partial charge < -0.3 is 20.6 Å². The highest BCUT2D eigenvalue weighted by atomic mass is 16.4. The number of carbonyl (C=O) groups excluding carboxylic acids is 1. The summed E-state index contributed by atoms with van der Waals surface area (Å²) < 4.78 is 0. The summed E-state index contributed by atoms with van der Waals surface area (Å²) in [4.78, 5) is 30.2. The zero-order valence-electron chi connectivity index (χ0n) is 9.58. The van der Waals surface area contributed by atoms with Gasteiger partial charge >= 0.3 is 11.9 Å². The molecule has 0 spiro atoms. The van der Waals surface area contributed by atoms with Crippen molar-refractivity contribution in [3.05, 3.63) is 29.8 Å². The predicted octanol–water partition coefficient (Wildman–Crippen LogP) is 0.406. The van der Waals surface area contributed by atoms with E-state index in [1.54, 1.807) is 12.1 Å². The van der Waals surface area contributed by atoms with Crippen LogP contribution < -0.4 is 5.32 Å². The Morgan fingerprint density at radius 3 is 1.83 bits per heavy atom. The van der Waals surface area contributed by atoms with Crippen molar-refractivity contribution in [1.82, 2.24) is 0 Å². The maximum Gasteiger partial charge on any atom is 0.335 e. The van der Waals surface area contributed by atoms with Crippen LogP contribution in [0.1, 0.15) is 17.3 Å². The van der Waals surface area contributed by atoms with Gasteiger partial charge in [0.15, 0.2) is 0 Å². The van der Waals surface area contributed by atoms with Gasteiger partial charge in [-0.1, -0.05) is 0 Å². The molecular formula is C11H13NO6. The number of hydrogen-bond donors (Lipinski definition) is 4. The zero-order valence-corrected chi connectivity index (χ0v) is 9.58. The molecule has 0 fully saturated rings. The fraction of sp³-hybridized carbons (Fsp3) is 0.182. The Kier molecular flexibility index (Phi) is 6.75. The summed E-state index contributed by atoms with van der Waals surface area (Å²) in [6.07, 6.45) is 0. The van der Waals surface area contributed by atoms with Gasteiger partial charge in [0, 0.05) is 12.6 Å². The van der Waals surface area contributed by atoms with Crippen molar-refractivity contribution in [2.24, 2.45) is 0 Å². The Morgan fingerprint density at radius 2 is 1.56 bits per heavy atom. The van der Waals surface area contributed by atoms with Crippen LogP contribution in [0.15, 0.2) is 24.3 Å². The molecule has 4 N–H and O–H groups in total. The van der Waals surface area contributed by atoms with Gasteiger partial charge in [0.1, 0.15) is 6.61 Å². The molecule has 1 aromatic rings. The van der Waals surface area contributed by atoms with Crippen LogP contribution in [0.5, 0.6) is 0 Å². The lowest BCUT2D eigenvalue weighted by Crippen LogP contribution is -2.05. The van der Waals surface area contributed by atoms with Crippen molar-refractivity contribution in [1.29, 1.82) is 0 Å². The lowest BCUT2D eigenvalue weighted by Gasteiger charge is -2.01. The van der Waals surface area contributed by atoms with E-state index in [1.807, 2.05) is 0 Å². The van der Waals surface area contributed by atoms with Crippen molar-refractivity contribution in [2.45, 2.75) is 6.92 Å². The maximum absolute atomic E-state index is 10.6. The van der Waals surface area contributed by atoms with E-state index >= 15 is 0 Å². The number of aromatic carboxylic acids is 1. The van der Waals surface area contributed by atoms with Gasteiger partial charge in [-0.2, -0.15) is 0 Å². The van der Waals surface area contributed by atoms with Crippen LogP contribution in [0, 0.1) is 0 Å². The predicted molar refractivity (Wildman–Crippen MR) is 62.4 cm³/mol. The van der Waals surface area contributed by atoms with E-state index in [0.717, 1.165) is 0 Å². The molecule has 98 valence electrons. The van der Waals surface area contributed by atoms with E-state index < -0.39 is 18.5 Å². The number of nitrogens with one attached hydrogen (secondary N) is 1. The van der Waals surface area contributed by atoms with E-state index in [2.05, 4.69) is 5.32 Å². The molecule has 7 nitrogen and oxygen atoms in total. The van der Waals surface area contributed by atoms with Crippen LogP contribution in [0.3, 0.4) is 0 Å². The second-order valence-electron chi connectivity index (χ2n) is 3.12. The summed E-state index contributed by atoms with van der Waals surface area (Å²) in [7, 11) is 0. The van der Waals surface area contributed by atoms with E-state index in [0.29, 0.717) is 5.69 Å². The van der Waals surface area contributed by atoms with Gasteiger partial charge in [-0.3, -0.25) is 4.79 Å². The molecule has 0 radical (unpaired) electrons. The number of amides is 1. The molecule has 0 atom stereocenters. The van der Waals surface area contributed by atoms with E-state index in [9.17, 15) is 9.59 Å². The van der Waals surface area contributed by atoms with Crippen LogP contribution in [0.2, 0.25) is 0 Å². The minimum Gasteiger partial charge on any atom is -0.480 e. The molecule has 0 unspecified atom stereocenters. The number of carboxylic acids is 2. The maximum atomic E-state index is 10.6. The molecular weight excluding hydrogens is 242 g/mol. The number of anilines is 1. The summed E-state index contributed by atoms with van der Waals surface area (Å²) in [5.41, 5.74) is 0.798. The molecule has 0 bridgehead atoms. The Labute approximate surface area is 103 Å². The highest BCUT2D eigenvalue weighted by Crippen LogP contribution is 2.08. The van der Waals surface area contributed by atoms with Crippen LogP contribution in [-0.4, -0.2) is 39.8 Å². The third-order valence-electron chi connectivity index (χ3n) is 1.59. The number of rotatable bonds is 3. The number of benzene rings is 1. The van der Waals surface area contributed by atoms with E-state index in [-0.39, 0.29) is 11.5 Å². The second-order valence-corrected chi connectivity index (χ2v) is 3.12. The van der Waals surface area contributed by atoms with Gasteiger partial charge in [-0.25, -0.2) is 9.59 Å². The smallest absolute Gasteiger partial charge is 0.335 e. The molecule has 1 aromatic carbocycles. The normalized spacial score (nSPS) is 8.78. The highest BCUT2D eigenvalue weighted by molar-refractivity contribution is 5.91. The SMILES string of the molecule is CC(=O)Nc1ccc(C(=O)O)cc1.O=C(O)CO. The van der Waals surface area contributed by atoms with Gasteiger partial charge in [-0.15, -0.1) is 0 Å². The summed E-state index contributed by atoms with van der Waals surface area (Å²) in [5, 5.41) is 26.1. The number of carbonyl (C=O) groups is 3. The van der Waals surface area contributed by atoms with Crippen LogP contribution in [0.25, 0.3) is 0 Å². The van der Waals surface area contributed by atoms with Crippen molar-refractivity contribution >= 4 is 23.5 Å². The molecule has 0 aliphatic heterocycles. The first kappa shape index (κ1) is 15.6. The number of aliphatic carboxylic acids is 1. The third-order valence-corrected chi connectivity index (χ3v) is 1.59. The number of aliphatic hydroxyl groups excluding tert-OH is 1. The average Bonchev–Trinajstić information content (AvgIpc) is 2.29. The Bertz CT molecular complexity index is 426. The monoisotopic (exact) mass is 255 g/mol. The molecule has 18 heavy (non-hydrogen) atoms. The first-order chi connectivity index (χ1) is 8.36. The van der Waals surface area contributed by atoms with Gasteiger partial charge in [0.25, 0.3) is 0 Å². The van der Waals surface area contributed by atoms with Crippen molar-refractivity contribution < 1.29 is 29.7 Å². The second kappa shape index (κ2) is 7.80. The highest BCUT2D eigenvalue weighted by Gasteiger charge is 2.01. The van der Waals surface area contributed by atoms with E-state index in [4.69, 9.17) is 20.1 Å². The van der Waals surface area contributed by atoms with Crippen LogP contribution in [0.4, 0.5) is 5.69 Å². The Morgan fingerprint density at radius 1 is 1.11 bits per heavy atom. The summed E-state index contributed by atoms with van der Waals surface area (Å²) in [6.45, 7) is 0.616. The van der Waals surface area contributed by atoms with Gasteiger partial charge in [-0.05, 0) is 24.3 Å². The minimum atomic E-state index is -1.19. The molecule has 0 aliphatic carbocycles. The van der Waals surface area contributed by atoms with Crippen molar-refractivity contribution in [3.63, 3.8) is 0 Å². The lowest BCUT2D eigenvalue weighted by atomic mass is 10.2. The molecule has 0 aromatic heterocycles. The van der Waals surface area contributed by atoms with Crippen molar-refractivity contribution in [3.8, 4) is 0 Å². The van der Waals surface area contributed by atoms with E-state index in [1.165, 1.54) is 19.1 Å². The average molecular weight is 255 g/mol. The van der Waals surface area contributed by atoms with Crippen LogP contribution in [-0.2, 0) is 9.59 Å². The standard InChI is InChI=1S/C9H9NO3.C2H4O3/c1-6(11)10-8-4-2-7(3-5-8)9(12)13;3-1-2(4)5/h2-5H,1H3,(H,10,11)(H,12,13);3H,1H2,(H,4,5). The molecule has 0 saturated carbocycles. The number of aliphatic hydroxyl groups is 1. The molecule has 0 aliphatic rings. The van der Waals surface area contributed by atoms with Gasteiger partial charge in [0.05, 0.1) is 5.56 Å². The third kappa shape index (κ3) is 6.96. The van der Waals surface area contributed by atoms with Gasteiger partial charge in [0.2, 0.25) is 5.91 Å². The fourth-order valence-electron chi connectivity index (χ4n) is 0.899. The largest absolute Gasteiger partial charge is 0.480 e. The molecule has 0 saturated heterocycles. The molecule has 0 heterocycles. The van der Waals surface area contributed by atoms with Crippen LogP contribution >= 0.6 is 0 Å². The molecule has 1 amide bonds. The minimum absolute atomic E-state index is 0.178. The summed E-state index contributed by atoms with van der Waals surface area (Å²) in [6, 6.07) is 5.97. The number of hydrogen-bond acceptors (Lipinski definition) is 4.